The first kappa shape index (κ1) is 13.0. The van der Waals surface area contributed by atoms with Gasteiger partial charge in [-0.1, -0.05) is 6.92 Å². The zero-order valence-electron chi connectivity index (χ0n) is 10.3. The van der Waals surface area contributed by atoms with E-state index in [4.69, 9.17) is 5.26 Å². The molecule has 0 saturated carbocycles. The molecule has 1 amide bonds. The quantitative estimate of drug-likeness (QED) is 0.832. The van der Waals surface area contributed by atoms with Gasteiger partial charge in [-0.05, 0) is 12.1 Å². The lowest BCUT2D eigenvalue weighted by molar-refractivity contribution is -0.123. The first-order valence-electron chi connectivity index (χ1n) is 5.38. The number of nitrogens with one attached hydrogen (secondary N) is 1. The minimum atomic E-state index is -0.142. The van der Waals surface area contributed by atoms with Gasteiger partial charge in [0, 0.05) is 26.8 Å². The SMILES string of the molecule is CNC(=O)C(C)CN(C)c1cccnc1C#N. The normalized spacial score (nSPS) is 11.4. The number of hydrogen-bond acceptors (Lipinski definition) is 4. The highest BCUT2D eigenvalue weighted by Crippen LogP contribution is 2.16. The number of nitriles is 1. The monoisotopic (exact) mass is 232 g/mol. The van der Waals surface area contributed by atoms with E-state index >= 15 is 0 Å². The number of pyridine rings is 1. The molecule has 5 nitrogen and oxygen atoms in total. The smallest absolute Gasteiger partial charge is 0.224 e. The highest BCUT2D eigenvalue weighted by atomic mass is 16.1. The van der Waals surface area contributed by atoms with E-state index in [0.29, 0.717) is 12.2 Å². The van der Waals surface area contributed by atoms with Crippen LogP contribution in [0.15, 0.2) is 18.3 Å². The Kier molecular flexibility index (Phi) is 4.46. The van der Waals surface area contributed by atoms with E-state index in [1.807, 2.05) is 31.0 Å². The second kappa shape index (κ2) is 5.85. The number of carbonyl (C=O) groups excluding carboxylic acids is 1. The molecule has 1 atom stereocenters. The Bertz CT molecular complexity index is 438. The van der Waals surface area contributed by atoms with Crippen LogP contribution in [0.5, 0.6) is 0 Å². The molecule has 5 heteroatoms. The number of nitrogens with zero attached hydrogens (tertiary/aromatic N) is 3. The van der Waals surface area contributed by atoms with Gasteiger partial charge in [0.15, 0.2) is 5.69 Å². The van der Waals surface area contributed by atoms with Crippen molar-refractivity contribution < 1.29 is 4.79 Å². The Morgan fingerprint density at radius 2 is 2.41 bits per heavy atom. The summed E-state index contributed by atoms with van der Waals surface area (Å²) in [4.78, 5) is 17.3. The van der Waals surface area contributed by atoms with Gasteiger partial charge in [-0.2, -0.15) is 5.26 Å². The Hall–Kier alpha value is -2.09. The number of rotatable bonds is 4. The molecule has 0 radical (unpaired) electrons. The number of aromatic nitrogens is 1. The van der Waals surface area contributed by atoms with E-state index in [1.54, 1.807) is 19.3 Å². The second-order valence-corrected chi connectivity index (χ2v) is 3.88. The third kappa shape index (κ3) is 3.18. The predicted octanol–water partition coefficient (Wildman–Crippen LogP) is 0.772. The molecule has 0 aliphatic carbocycles. The Morgan fingerprint density at radius 1 is 1.71 bits per heavy atom. The lowest BCUT2D eigenvalue weighted by Crippen LogP contribution is -2.34. The molecule has 17 heavy (non-hydrogen) atoms. The van der Waals surface area contributed by atoms with Crippen molar-refractivity contribution in [2.45, 2.75) is 6.92 Å². The van der Waals surface area contributed by atoms with E-state index < -0.39 is 0 Å². The van der Waals surface area contributed by atoms with Crippen molar-refractivity contribution in [1.29, 1.82) is 5.26 Å². The summed E-state index contributed by atoms with van der Waals surface area (Å²) in [7, 11) is 3.46. The molecule has 1 heterocycles. The van der Waals surface area contributed by atoms with Gasteiger partial charge in [-0.15, -0.1) is 0 Å². The molecule has 1 unspecified atom stereocenters. The van der Waals surface area contributed by atoms with Crippen LogP contribution in [-0.2, 0) is 4.79 Å². The summed E-state index contributed by atoms with van der Waals surface area (Å²) in [5, 5.41) is 11.5. The second-order valence-electron chi connectivity index (χ2n) is 3.88. The van der Waals surface area contributed by atoms with E-state index in [2.05, 4.69) is 10.3 Å². The summed E-state index contributed by atoms with van der Waals surface area (Å²) in [6, 6.07) is 5.64. The fraction of sp³-hybridized carbons (Fsp3) is 0.417. The van der Waals surface area contributed by atoms with E-state index in [9.17, 15) is 4.79 Å². The third-order valence-electron chi connectivity index (χ3n) is 2.55. The number of carbonyl (C=O) groups is 1. The average molecular weight is 232 g/mol. The van der Waals surface area contributed by atoms with Crippen molar-refractivity contribution in [3.05, 3.63) is 24.0 Å². The summed E-state index contributed by atoms with van der Waals surface area (Å²) in [5.41, 5.74) is 1.12. The number of anilines is 1. The molecule has 0 bridgehead atoms. The molecule has 0 spiro atoms. The molecular weight excluding hydrogens is 216 g/mol. The van der Waals surface area contributed by atoms with Crippen molar-refractivity contribution in [3.8, 4) is 6.07 Å². The van der Waals surface area contributed by atoms with Crippen LogP contribution in [0.4, 0.5) is 5.69 Å². The average Bonchev–Trinajstić information content (AvgIpc) is 2.37. The zero-order valence-corrected chi connectivity index (χ0v) is 10.3. The summed E-state index contributed by atoms with van der Waals surface area (Å²) in [5.74, 6) is -0.156. The Labute approximate surface area is 101 Å². The minimum absolute atomic E-state index is 0.0146. The maximum absolute atomic E-state index is 11.4. The van der Waals surface area contributed by atoms with E-state index in [1.165, 1.54) is 0 Å². The zero-order chi connectivity index (χ0) is 12.8. The summed E-state index contributed by atoms with van der Waals surface area (Å²) < 4.78 is 0. The van der Waals surface area contributed by atoms with Gasteiger partial charge < -0.3 is 10.2 Å². The van der Waals surface area contributed by atoms with Crippen molar-refractivity contribution in [2.24, 2.45) is 5.92 Å². The molecular formula is C12H16N4O. The van der Waals surface area contributed by atoms with Crippen molar-refractivity contribution in [1.82, 2.24) is 10.3 Å². The Balaban J connectivity index is 2.80. The largest absolute Gasteiger partial charge is 0.371 e. The van der Waals surface area contributed by atoms with Crippen molar-refractivity contribution in [3.63, 3.8) is 0 Å². The van der Waals surface area contributed by atoms with Crippen molar-refractivity contribution in [2.75, 3.05) is 25.5 Å². The van der Waals surface area contributed by atoms with Gasteiger partial charge in [-0.25, -0.2) is 4.98 Å². The molecule has 1 N–H and O–H groups in total. The Morgan fingerprint density at radius 3 is 3.00 bits per heavy atom. The fourth-order valence-corrected chi connectivity index (χ4v) is 1.63. The van der Waals surface area contributed by atoms with E-state index in [0.717, 1.165) is 5.69 Å². The van der Waals surface area contributed by atoms with Crippen LogP contribution >= 0.6 is 0 Å². The topological polar surface area (TPSA) is 69.0 Å². The molecule has 0 aliphatic rings. The van der Waals surface area contributed by atoms with Gasteiger partial charge in [-0.3, -0.25) is 4.79 Å². The third-order valence-corrected chi connectivity index (χ3v) is 2.55. The van der Waals surface area contributed by atoms with Crippen LogP contribution in [0.25, 0.3) is 0 Å². The molecule has 1 aromatic heterocycles. The van der Waals surface area contributed by atoms with Crippen LogP contribution in [0, 0.1) is 17.2 Å². The highest BCUT2D eigenvalue weighted by molar-refractivity contribution is 5.78. The van der Waals surface area contributed by atoms with Crippen LogP contribution in [0.1, 0.15) is 12.6 Å². The molecule has 0 aromatic carbocycles. The van der Waals surface area contributed by atoms with Crippen LogP contribution < -0.4 is 10.2 Å². The molecule has 0 fully saturated rings. The predicted molar refractivity (Wildman–Crippen MR) is 65.5 cm³/mol. The van der Waals surface area contributed by atoms with Gasteiger partial charge in [0.2, 0.25) is 5.91 Å². The summed E-state index contributed by atoms with van der Waals surface area (Å²) in [6.07, 6.45) is 1.58. The van der Waals surface area contributed by atoms with Gasteiger partial charge in [0.25, 0.3) is 0 Å². The van der Waals surface area contributed by atoms with Crippen LogP contribution in [-0.4, -0.2) is 31.5 Å². The molecule has 0 aliphatic heterocycles. The molecule has 1 aromatic rings. The first-order chi connectivity index (χ1) is 8.10. The van der Waals surface area contributed by atoms with E-state index in [-0.39, 0.29) is 11.8 Å². The number of hydrogen-bond donors (Lipinski definition) is 1. The van der Waals surface area contributed by atoms with Gasteiger partial charge in [0.1, 0.15) is 6.07 Å². The number of amides is 1. The first-order valence-corrected chi connectivity index (χ1v) is 5.38. The maximum Gasteiger partial charge on any atom is 0.224 e. The minimum Gasteiger partial charge on any atom is -0.371 e. The van der Waals surface area contributed by atoms with Gasteiger partial charge >= 0.3 is 0 Å². The fourth-order valence-electron chi connectivity index (χ4n) is 1.63. The van der Waals surface area contributed by atoms with Gasteiger partial charge in [0.05, 0.1) is 11.6 Å². The lowest BCUT2D eigenvalue weighted by Gasteiger charge is -2.22. The lowest BCUT2D eigenvalue weighted by atomic mass is 10.1. The summed E-state index contributed by atoms with van der Waals surface area (Å²) in [6.45, 7) is 2.39. The van der Waals surface area contributed by atoms with Crippen LogP contribution in [0.2, 0.25) is 0 Å². The molecule has 0 saturated heterocycles. The van der Waals surface area contributed by atoms with Crippen LogP contribution in [0.3, 0.4) is 0 Å². The highest BCUT2D eigenvalue weighted by Gasteiger charge is 2.15. The maximum atomic E-state index is 11.4. The summed E-state index contributed by atoms with van der Waals surface area (Å²) >= 11 is 0. The standard InChI is InChI=1S/C12H16N4O/c1-9(12(17)14-2)8-16(3)11-5-4-6-15-10(11)7-13/h4-6,9H,8H2,1-3H3,(H,14,17). The molecule has 90 valence electrons. The molecule has 1 rings (SSSR count). The van der Waals surface area contributed by atoms with Crippen molar-refractivity contribution >= 4 is 11.6 Å².